The molecule has 5 heteroatoms. The van der Waals surface area contributed by atoms with Crippen LogP contribution in [0.15, 0.2) is 0 Å². The zero-order valence-corrected chi connectivity index (χ0v) is 8.79. The maximum absolute atomic E-state index is 11.2. The van der Waals surface area contributed by atoms with Crippen molar-refractivity contribution in [3.8, 4) is 0 Å². The van der Waals surface area contributed by atoms with Crippen LogP contribution in [0.5, 0.6) is 0 Å². The molecule has 0 spiro atoms. The van der Waals surface area contributed by atoms with E-state index in [4.69, 9.17) is 10.8 Å². The van der Waals surface area contributed by atoms with Crippen LogP contribution in [0.4, 0.5) is 0 Å². The Labute approximate surface area is 84.3 Å². The Bertz CT molecular complexity index is 183. The van der Waals surface area contributed by atoms with Gasteiger partial charge in [-0.3, -0.25) is 4.79 Å². The van der Waals surface area contributed by atoms with E-state index < -0.39 is 5.60 Å². The molecule has 1 amide bonds. The van der Waals surface area contributed by atoms with Gasteiger partial charge in [-0.15, -0.1) is 0 Å². The first-order valence-electron chi connectivity index (χ1n) is 4.71. The summed E-state index contributed by atoms with van der Waals surface area (Å²) >= 11 is 0. The van der Waals surface area contributed by atoms with Crippen LogP contribution in [0.3, 0.4) is 0 Å². The lowest BCUT2D eigenvalue weighted by atomic mass is 10.1. The Balaban J connectivity index is 3.74. The zero-order valence-electron chi connectivity index (χ0n) is 8.79. The minimum Gasteiger partial charge on any atom is -0.393 e. The second kappa shape index (κ2) is 5.95. The van der Waals surface area contributed by atoms with Gasteiger partial charge in [0.2, 0.25) is 5.91 Å². The van der Waals surface area contributed by atoms with Crippen LogP contribution in [-0.2, 0) is 4.79 Å². The number of carbonyl (C=O) groups is 1. The monoisotopic (exact) mass is 204 g/mol. The van der Waals surface area contributed by atoms with Gasteiger partial charge in [-0.05, 0) is 19.4 Å². The van der Waals surface area contributed by atoms with Gasteiger partial charge in [-0.2, -0.15) is 0 Å². The van der Waals surface area contributed by atoms with E-state index >= 15 is 0 Å². The van der Waals surface area contributed by atoms with E-state index in [0.29, 0.717) is 13.0 Å². The molecule has 0 rings (SSSR count). The molecule has 84 valence electrons. The van der Waals surface area contributed by atoms with Gasteiger partial charge in [0, 0.05) is 13.0 Å². The lowest BCUT2D eigenvalue weighted by Gasteiger charge is -2.21. The van der Waals surface area contributed by atoms with E-state index in [-0.39, 0.29) is 25.0 Å². The Morgan fingerprint density at radius 3 is 2.64 bits per heavy atom. The van der Waals surface area contributed by atoms with Crippen molar-refractivity contribution in [2.45, 2.75) is 25.9 Å². The number of hydrogen-bond acceptors (Lipinski definition) is 4. The highest BCUT2D eigenvalue weighted by Crippen LogP contribution is 2.01. The number of nitrogens with two attached hydrogens (primary N) is 1. The molecule has 0 fully saturated rings. The van der Waals surface area contributed by atoms with E-state index in [2.05, 4.69) is 5.32 Å². The zero-order chi connectivity index (χ0) is 11.2. The minimum absolute atomic E-state index is 0.0552. The van der Waals surface area contributed by atoms with E-state index in [1.165, 1.54) is 6.92 Å². The second-order valence-electron chi connectivity index (χ2n) is 3.98. The first kappa shape index (κ1) is 13.4. The maximum atomic E-state index is 11.2. The van der Waals surface area contributed by atoms with Crippen molar-refractivity contribution in [2.24, 2.45) is 11.7 Å². The first-order valence-corrected chi connectivity index (χ1v) is 4.71. The van der Waals surface area contributed by atoms with E-state index in [1.54, 1.807) is 0 Å². The number of carbonyl (C=O) groups excluding carboxylic acids is 1. The summed E-state index contributed by atoms with van der Waals surface area (Å²) in [5.74, 6) is -0.0225. The van der Waals surface area contributed by atoms with Gasteiger partial charge < -0.3 is 21.3 Å². The van der Waals surface area contributed by atoms with Crippen molar-refractivity contribution in [2.75, 3.05) is 19.7 Å². The third kappa shape index (κ3) is 5.90. The summed E-state index contributed by atoms with van der Waals surface area (Å²) < 4.78 is 0. The van der Waals surface area contributed by atoms with Crippen LogP contribution < -0.4 is 11.1 Å². The average molecular weight is 204 g/mol. The van der Waals surface area contributed by atoms with E-state index in [1.807, 2.05) is 6.92 Å². The number of amides is 1. The van der Waals surface area contributed by atoms with Crippen LogP contribution in [0, 0.1) is 5.92 Å². The molecule has 0 aliphatic carbocycles. The Hall–Kier alpha value is -0.650. The summed E-state index contributed by atoms with van der Waals surface area (Å²) in [6.45, 7) is 3.48. The molecule has 0 heterocycles. The number of aliphatic hydroxyl groups excluding tert-OH is 1. The van der Waals surface area contributed by atoms with Crippen LogP contribution in [0.1, 0.15) is 20.3 Å². The van der Waals surface area contributed by atoms with Gasteiger partial charge in [0.25, 0.3) is 0 Å². The fraction of sp³-hybridized carbons (Fsp3) is 0.889. The van der Waals surface area contributed by atoms with Crippen molar-refractivity contribution >= 4 is 5.91 Å². The SMILES string of the molecule is CC(CN)CC(=O)NCC(C)(O)CO. The molecule has 0 saturated carbocycles. The molecule has 0 radical (unpaired) electrons. The van der Waals surface area contributed by atoms with Crippen molar-refractivity contribution in [1.29, 1.82) is 0 Å². The largest absolute Gasteiger partial charge is 0.393 e. The molecule has 0 aromatic carbocycles. The number of aliphatic hydroxyl groups is 2. The van der Waals surface area contributed by atoms with Crippen molar-refractivity contribution in [3.05, 3.63) is 0 Å². The number of rotatable bonds is 6. The van der Waals surface area contributed by atoms with Gasteiger partial charge in [-0.1, -0.05) is 6.92 Å². The van der Waals surface area contributed by atoms with Gasteiger partial charge in [0.15, 0.2) is 0 Å². The summed E-state index contributed by atoms with van der Waals surface area (Å²) in [5.41, 5.74) is 4.11. The molecule has 2 unspecified atom stereocenters. The quantitative estimate of drug-likeness (QED) is 0.438. The molecule has 5 N–H and O–H groups in total. The van der Waals surface area contributed by atoms with E-state index in [9.17, 15) is 9.90 Å². The highest BCUT2D eigenvalue weighted by molar-refractivity contribution is 5.76. The molecule has 0 aliphatic rings. The van der Waals surface area contributed by atoms with Crippen molar-refractivity contribution in [3.63, 3.8) is 0 Å². The molecule has 14 heavy (non-hydrogen) atoms. The second-order valence-corrected chi connectivity index (χ2v) is 3.98. The fourth-order valence-corrected chi connectivity index (χ4v) is 0.817. The number of hydrogen-bond donors (Lipinski definition) is 4. The first-order chi connectivity index (χ1) is 6.41. The lowest BCUT2D eigenvalue weighted by Crippen LogP contribution is -2.43. The highest BCUT2D eigenvalue weighted by atomic mass is 16.3. The van der Waals surface area contributed by atoms with Crippen LogP contribution >= 0.6 is 0 Å². The van der Waals surface area contributed by atoms with Gasteiger partial charge >= 0.3 is 0 Å². The third-order valence-corrected chi connectivity index (χ3v) is 1.94. The summed E-state index contributed by atoms with van der Waals surface area (Å²) in [5, 5.41) is 20.6. The average Bonchev–Trinajstić information content (AvgIpc) is 2.15. The lowest BCUT2D eigenvalue weighted by molar-refractivity contribution is -0.123. The summed E-state index contributed by atoms with van der Waals surface area (Å²) in [6, 6.07) is 0. The Morgan fingerprint density at radius 2 is 2.21 bits per heavy atom. The summed E-state index contributed by atoms with van der Waals surface area (Å²) in [7, 11) is 0. The predicted molar refractivity (Wildman–Crippen MR) is 53.6 cm³/mol. The summed E-state index contributed by atoms with van der Waals surface area (Å²) in [4.78, 5) is 11.2. The van der Waals surface area contributed by atoms with Crippen molar-refractivity contribution < 1.29 is 15.0 Å². The Kier molecular flexibility index (Phi) is 5.68. The normalized spacial score (nSPS) is 17.2. The smallest absolute Gasteiger partial charge is 0.220 e. The molecule has 2 atom stereocenters. The molecule has 0 aliphatic heterocycles. The highest BCUT2D eigenvalue weighted by Gasteiger charge is 2.19. The van der Waals surface area contributed by atoms with Gasteiger partial charge in [0.05, 0.1) is 6.61 Å². The fourth-order valence-electron chi connectivity index (χ4n) is 0.817. The summed E-state index contributed by atoms with van der Waals surface area (Å²) in [6.07, 6.45) is 0.345. The van der Waals surface area contributed by atoms with Crippen LogP contribution in [-0.4, -0.2) is 41.4 Å². The molecule has 0 saturated heterocycles. The minimum atomic E-state index is -1.25. The molecular weight excluding hydrogens is 184 g/mol. The van der Waals surface area contributed by atoms with E-state index in [0.717, 1.165) is 0 Å². The topological polar surface area (TPSA) is 95.6 Å². The number of nitrogens with one attached hydrogen (secondary N) is 1. The predicted octanol–water partition coefficient (Wildman–Crippen LogP) is -1.17. The van der Waals surface area contributed by atoms with Gasteiger partial charge in [-0.25, -0.2) is 0 Å². The standard InChI is InChI=1S/C9H20N2O3/c1-7(4-10)3-8(13)11-5-9(2,14)6-12/h7,12,14H,3-6,10H2,1-2H3,(H,11,13). The Morgan fingerprint density at radius 1 is 1.64 bits per heavy atom. The van der Waals surface area contributed by atoms with Crippen LogP contribution in [0.25, 0.3) is 0 Å². The molecule has 0 aromatic heterocycles. The maximum Gasteiger partial charge on any atom is 0.220 e. The van der Waals surface area contributed by atoms with Gasteiger partial charge in [0.1, 0.15) is 5.60 Å². The molecular formula is C9H20N2O3. The van der Waals surface area contributed by atoms with Crippen molar-refractivity contribution in [1.82, 2.24) is 5.32 Å². The molecule has 0 aromatic rings. The van der Waals surface area contributed by atoms with Crippen LogP contribution in [0.2, 0.25) is 0 Å². The molecule has 0 bridgehead atoms. The third-order valence-electron chi connectivity index (χ3n) is 1.94. The molecule has 5 nitrogen and oxygen atoms in total.